The van der Waals surface area contributed by atoms with Crippen LogP contribution in [0.1, 0.15) is 30.4 Å². The second-order valence-electron chi connectivity index (χ2n) is 4.19. The molecule has 0 aromatic heterocycles. The molecule has 0 unspecified atom stereocenters. The molecule has 0 aliphatic heterocycles. The van der Waals surface area contributed by atoms with E-state index in [1.54, 1.807) is 11.8 Å². The number of thioether (sulfide) groups is 1. The molecule has 2 N–H and O–H groups in total. The second-order valence-corrected chi connectivity index (χ2v) is 5.04. The Labute approximate surface area is 90.1 Å². The van der Waals surface area contributed by atoms with Crippen LogP contribution in [0.5, 0.6) is 0 Å². The van der Waals surface area contributed by atoms with E-state index in [0.717, 1.165) is 12.8 Å². The Hall–Kier alpha value is -0.470. The molecule has 1 aliphatic rings. The quantitative estimate of drug-likeness (QED) is 0.754. The lowest BCUT2D eigenvalue weighted by Gasteiger charge is -2.39. The first-order chi connectivity index (χ1) is 6.65. The Morgan fingerprint density at radius 1 is 1.36 bits per heavy atom. The van der Waals surface area contributed by atoms with Gasteiger partial charge in [0, 0.05) is 10.4 Å². The van der Waals surface area contributed by atoms with Crippen molar-refractivity contribution in [2.24, 2.45) is 5.73 Å². The van der Waals surface area contributed by atoms with Gasteiger partial charge in [-0.1, -0.05) is 12.1 Å². The summed E-state index contributed by atoms with van der Waals surface area (Å²) in [4.78, 5) is 1.36. The summed E-state index contributed by atoms with van der Waals surface area (Å²) in [6, 6.07) is 6.64. The van der Waals surface area contributed by atoms with Gasteiger partial charge in [0.15, 0.2) is 0 Å². The molecule has 0 atom stereocenters. The Morgan fingerprint density at radius 2 is 2.07 bits per heavy atom. The summed E-state index contributed by atoms with van der Waals surface area (Å²) in [5, 5.41) is 0. The average Bonchev–Trinajstić information content (AvgIpc) is 2.15. The molecule has 0 heterocycles. The van der Waals surface area contributed by atoms with Crippen LogP contribution in [0.4, 0.5) is 0 Å². The maximum Gasteiger partial charge on any atom is 0.0410 e. The van der Waals surface area contributed by atoms with Gasteiger partial charge in [0.05, 0.1) is 0 Å². The van der Waals surface area contributed by atoms with E-state index in [1.165, 1.54) is 22.4 Å². The van der Waals surface area contributed by atoms with E-state index < -0.39 is 0 Å². The van der Waals surface area contributed by atoms with Crippen LogP contribution in [0.2, 0.25) is 0 Å². The van der Waals surface area contributed by atoms with Crippen molar-refractivity contribution in [2.45, 2.75) is 36.6 Å². The molecule has 14 heavy (non-hydrogen) atoms. The van der Waals surface area contributed by atoms with Crippen LogP contribution in [-0.4, -0.2) is 6.26 Å². The standard InChI is InChI=1S/C12H17NS/c1-9-4-5-10(8-11(9)14-2)12(13)6-3-7-12/h4-5,8H,3,6-7,13H2,1-2H3. The molecular formula is C12H17NS. The highest BCUT2D eigenvalue weighted by molar-refractivity contribution is 7.98. The molecule has 1 saturated carbocycles. The lowest BCUT2D eigenvalue weighted by Crippen LogP contribution is -2.43. The van der Waals surface area contributed by atoms with Gasteiger partial charge in [-0.25, -0.2) is 0 Å². The summed E-state index contributed by atoms with van der Waals surface area (Å²) in [6.07, 6.45) is 5.68. The maximum atomic E-state index is 6.29. The minimum atomic E-state index is -0.0157. The van der Waals surface area contributed by atoms with Crippen molar-refractivity contribution in [1.29, 1.82) is 0 Å². The molecule has 0 amide bonds. The van der Waals surface area contributed by atoms with E-state index in [4.69, 9.17) is 5.73 Å². The number of aryl methyl sites for hydroxylation is 1. The molecule has 1 aromatic rings. The van der Waals surface area contributed by atoms with Crippen molar-refractivity contribution >= 4 is 11.8 Å². The number of hydrogen-bond donors (Lipinski definition) is 1. The van der Waals surface area contributed by atoms with E-state index in [9.17, 15) is 0 Å². The molecule has 0 saturated heterocycles. The molecular weight excluding hydrogens is 190 g/mol. The van der Waals surface area contributed by atoms with E-state index in [1.807, 2.05) is 0 Å². The fourth-order valence-electron chi connectivity index (χ4n) is 1.98. The van der Waals surface area contributed by atoms with E-state index in [-0.39, 0.29) is 5.54 Å². The van der Waals surface area contributed by atoms with Crippen molar-refractivity contribution in [3.05, 3.63) is 29.3 Å². The lowest BCUT2D eigenvalue weighted by atomic mass is 9.73. The molecule has 0 spiro atoms. The van der Waals surface area contributed by atoms with Gasteiger partial charge in [-0.05, 0) is 49.6 Å². The van der Waals surface area contributed by atoms with Gasteiger partial charge in [-0.3, -0.25) is 0 Å². The number of nitrogens with two attached hydrogens (primary N) is 1. The smallest absolute Gasteiger partial charge is 0.0410 e. The van der Waals surface area contributed by atoms with Crippen LogP contribution in [0.3, 0.4) is 0 Å². The number of rotatable bonds is 2. The number of hydrogen-bond acceptors (Lipinski definition) is 2. The SMILES string of the molecule is CSc1cc(C2(N)CCC2)ccc1C. The first kappa shape index (κ1) is 10.1. The molecule has 2 heteroatoms. The molecule has 0 bridgehead atoms. The first-order valence-corrected chi connectivity index (χ1v) is 6.32. The summed E-state index contributed by atoms with van der Waals surface area (Å²) in [6.45, 7) is 2.15. The maximum absolute atomic E-state index is 6.29. The van der Waals surface area contributed by atoms with Crippen molar-refractivity contribution in [2.75, 3.05) is 6.26 Å². The van der Waals surface area contributed by atoms with Gasteiger partial charge < -0.3 is 5.73 Å². The van der Waals surface area contributed by atoms with Gasteiger partial charge in [-0.2, -0.15) is 0 Å². The summed E-state index contributed by atoms with van der Waals surface area (Å²) in [5.74, 6) is 0. The van der Waals surface area contributed by atoms with Gasteiger partial charge in [0.2, 0.25) is 0 Å². The summed E-state index contributed by atoms with van der Waals surface area (Å²) < 4.78 is 0. The van der Waals surface area contributed by atoms with E-state index in [0.29, 0.717) is 0 Å². The molecule has 1 nitrogen and oxygen atoms in total. The molecule has 0 radical (unpaired) electrons. The van der Waals surface area contributed by atoms with Crippen molar-refractivity contribution in [1.82, 2.24) is 0 Å². The molecule has 1 fully saturated rings. The third kappa shape index (κ3) is 1.57. The predicted octanol–water partition coefficient (Wildman–Crippen LogP) is 3.05. The molecule has 1 aliphatic carbocycles. The van der Waals surface area contributed by atoms with Gasteiger partial charge in [0.1, 0.15) is 0 Å². The van der Waals surface area contributed by atoms with Crippen molar-refractivity contribution in [3.8, 4) is 0 Å². The Morgan fingerprint density at radius 3 is 2.57 bits per heavy atom. The minimum Gasteiger partial charge on any atom is -0.321 e. The van der Waals surface area contributed by atoms with Crippen LogP contribution in [0.15, 0.2) is 23.1 Å². The largest absolute Gasteiger partial charge is 0.321 e. The highest BCUT2D eigenvalue weighted by Crippen LogP contribution is 2.39. The monoisotopic (exact) mass is 207 g/mol. The van der Waals surface area contributed by atoms with Gasteiger partial charge >= 0.3 is 0 Å². The van der Waals surface area contributed by atoms with Crippen LogP contribution in [-0.2, 0) is 5.54 Å². The highest BCUT2D eigenvalue weighted by Gasteiger charge is 2.34. The molecule has 2 rings (SSSR count). The Balaban J connectivity index is 2.35. The third-order valence-corrected chi connectivity index (χ3v) is 4.11. The lowest BCUT2D eigenvalue weighted by molar-refractivity contribution is 0.253. The first-order valence-electron chi connectivity index (χ1n) is 5.10. The topological polar surface area (TPSA) is 26.0 Å². The van der Waals surface area contributed by atoms with Crippen molar-refractivity contribution in [3.63, 3.8) is 0 Å². The Bertz CT molecular complexity index is 342. The fraction of sp³-hybridized carbons (Fsp3) is 0.500. The summed E-state index contributed by atoms with van der Waals surface area (Å²) in [5.41, 5.74) is 8.94. The van der Waals surface area contributed by atoms with Crippen LogP contribution >= 0.6 is 11.8 Å². The van der Waals surface area contributed by atoms with Crippen LogP contribution in [0, 0.1) is 6.92 Å². The fourth-order valence-corrected chi connectivity index (χ4v) is 2.61. The third-order valence-electron chi connectivity index (χ3n) is 3.23. The zero-order valence-corrected chi connectivity index (χ0v) is 9.66. The molecule has 76 valence electrons. The highest BCUT2D eigenvalue weighted by atomic mass is 32.2. The second kappa shape index (κ2) is 3.59. The van der Waals surface area contributed by atoms with Crippen molar-refractivity contribution < 1.29 is 0 Å². The van der Waals surface area contributed by atoms with Crippen LogP contribution in [0.25, 0.3) is 0 Å². The van der Waals surface area contributed by atoms with Gasteiger partial charge in [0.25, 0.3) is 0 Å². The zero-order chi connectivity index (χ0) is 10.2. The normalized spacial score (nSPS) is 19.1. The van der Waals surface area contributed by atoms with Gasteiger partial charge in [-0.15, -0.1) is 11.8 Å². The van der Waals surface area contributed by atoms with E-state index in [2.05, 4.69) is 31.4 Å². The van der Waals surface area contributed by atoms with E-state index >= 15 is 0 Å². The van der Waals surface area contributed by atoms with Crippen LogP contribution < -0.4 is 5.73 Å². The minimum absolute atomic E-state index is 0.0157. The Kier molecular flexibility index (Phi) is 2.58. The summed E-state index contributed by atoms with van der Waals surface area (Å²) >= 11 is 1.80. The average molecular weight is 207 g/mol. The summed E-state index contributed by atoms with van der Waals surface area (Å²) in [7, 11) is 0. The predicted molar refractivity (Wildman–Crippen MR) is 62.7 cm³/mol. The molecule has 1 aromatic carbocycles. The number of benzene rings is 1. The zero-order valence-electron chi connectivity index (χ0n) is 8.84.